The summed E-state index contributed by atoms with van der Waals surface area (Å²) in [7, 11) is 0. The first kappa shape index (κ1) is 21.1. The van der Waals surface area contributed by atoms with Gasteiger partial charge in [0.1, 0.15) is 5.72 Å². The van der Waals surface area contributed by atoms with Crippen LogP contribution in [0.15, 0.2) is 48.5 Å². The Balaban J connectivity index is 1.55. The fraction of sp³-hybridized carbons (Fsp3) is 0.375. The standard InChI is InChI=1S/C24H26N2O5/c1-16-3-7-18(8-4-16)21(27)25-13-11-24(12-14-25)26(20(15-31-24)23(29)30)22(28)19-9-5-17(2)6-10-19/h3-10,20H,11-15H2,1-2H3,(H,29,30)/t20-/m0/s1. The van der Waals surface area contributed by atoms with Crippen molar-refractivity contribution in [2.24, 2.45) is 0 Å². The second kappa shape index (κ2) is 8.15. The zero-order chi connectivity index (χ0) is 22.2. The van der Waals surface area contributed by atoms with Crippen LogP contribution >= 0.6 is 0 Å². The Hall–Kier alpha value is -3.19. The highest BCUT2D eigenvalue weighted by atomic mass is 16.5. The lowest BCUT2D eigenvalue weighted by molar-refractivity contribution is -0.143. The maximum absolute atomic E-state index is 13.3. The van der Waals surface area contributed by atoms with E-state index in [1.54, 1.807) is 17.0 Å². The van der Waals surface area contributed by atoms with Gasteiger partial charge in [0.05, 0.1) is 6.61 Å². The van der Waals surface area contributed by atoms with E-state index in [0.29, 0.717) is 37.1 Å². The Labute approximate surface area is 181 Å². The van der Waals surface area contributed by atoms with Crippen LogP contribution in [0.5, 0.6) is 0 Å². The molecule has 162 valence electrons. The van der Waals surface area contributed by atoms with Crippen molar-refractivity contribution in [3.8, 4) is 0 Å². The van der Waals surface area contributed by atoms with E-state index in [2.05, 4.69) is 0 Å². The molecule has 31 heavy (non-hydrogen) atoms. The Bertz CT molecular complexity index is 992. The molecular weight excluding hydrogens is 396 g/mol. The molecule has 2 heterocycles. The fourth-order valence-corrected chi connectivity index (χ4v) is 4.33. The van der Waals surface area contributed by atoms with E-state index >= 15 is 0 Å². The van der Waals surface area contributed by atoms with E-state index in [0.717, 1.165) is 11.1 Å². The number of carboxylic acids is 1. The molecule has 2 aromatic rings. The summed E-state index contributed by atoms with van der Waals surface area (Å²) in [6, 6.07) is 13.4. The number of carbonyl (C=O) groups is 3. The van der Waals surface area contributed by atoms with Crippen molar-refractivity contribution in [1.82, 2.24) is 9.80 Å². The van der Waals surface area contributed by atoms with Gasteiger partial charge in [0.2, 0.25) is 0 Å². The molecule has 2 aliphatic rings. The largest absolute Gasteiger partial charge is 0.480 e. The van der Waals surface area contributed by atoms with Crippen LogP contribution in [0.4, 0.5) is 0 Å². The first-order valence-electron chi connectivity index (χ1n) is 10.4. The molecule has 0 bridgehead atoms. The Morgan fingerprint density at radius 1 is 0.871 bits per heavy atom. The van der Waals surface area contributed by atoms with E-state index < -0.39 is 17.7 Å². The van der Waals surface area contributed by atoms with Gasteiger partial charge in [-0.25, -0.2) is 4.79 Å². The lowest BCUT2D eigenvalue weighted by atomic mass is 9.96. The number of hydrogen-bond acceptors (Lipinski definition) is 4. The van der Waals surface area contributed by atoms with E-state index in [9.17, 15) is 19.5 Å². The van der Waals surface area contributed by atoms with Gasteiger partial charge in [-0.1, -0.05) is 35.4 Å². The first-order valence-corrected chi connectivity index (χ1v) is 10.4. The third-order valence-electron chi connectivity index (χ3n) is 6.19. The highest BCUT2D eigenvalue weighted by molar-refractivity contribution is 5.97. The van der Waals surface area contributed by atoms with E-state index in [-0.39, 0.29) is 18.4 Å². The molecule has 1 atom stereocenters. The summed E-state index contributed by atoms with van der Waals surface area (Å²) in [6.07, 6.45) is 0.734. The van der Waals surface area contributed by atoms with Crippen LogP contribution in [-0.4, -0.2) is 64.2 Å². The van der Waals surface area contributed by atoms with Crippen molar-refractivity contribution in [2.45, 2.75) is 38.5 Å². The number of amides is 2. The third-order valence-corrected chi connectivity index (χ3v) is 6.19. The van der Waals surface area contributed by atoms with Crippen molar-refractivity contribution in [3.05, 3.63) is 70.8 Å². The summed E-state index contributed by atoms with van der Waals surface area (Å²) < 4.78 is 5.97. The SMILES string of the molecule is Cc1ccc(C(=O)N2CCC3(CC2)OC[C@@H](C(=O)O)N3C(=O)c2ccc(C)cc2)cc1. The van der Waals surface area contributed by atoms with Gasteiger partial charge in [-0.05, 0) is 38.1 Å². The zero-order valence-electron chi connectivity index (χ0n) is 17.7. The number of benzene rings is 2. The van der Waals surface area contributed by atoms with Gasteiger partial charge in [-0.15, -0.1) is 0 Å². The molecule has 4 rings (SSSR count). The molecule has 0 saturated carbocycles. The van der Waals surface area contributed by atoms with Crippen molar-refractivity contribution >= 4 is 17.8 Å². The third kappa shape index (κ3) is 3.93. The number of piperidine rings is 1. The van der Waals surface area contributed by atoms with Gasteiger partial charge < -0.3 is 14.7 Å². The van der Waals surface area contributed by atoms with Gasteiger partial charge in [-0.2, -0.15) is 0 Å². The average molecular weight is 422 g/mol. The summed E-state index contributed by atoms with van der Waals surface area (Å²) in [4.78, 5) is 41.2. The molecule has 1 spiro atoms. The van der Waals surface area contributed by atoms with Crippen LogP contribution < -0.4 is 0 Å². The summed E-state index contributed by atoms with van der Waals surface area (Å²) in [6.45, 7) is 4.61. The molecule has 2 aromatic carbocycles. The first-order chi connectivity index (χ1) is 14.8. The average Bonchev–Trinajstić information content (AvgIpc) is 3.13. The second-order valence-corrected chi connectivity index (χ2v) is 8.31. The molecule has 2 aliphatic heterocycles. The molecule has 0 unspecified atom stereocenters. The predicted molar refractivity (Wildman–Crippen MR) is 114 cm³/mol. The van der Waals surface area contributed by atoms with E-state index in [1.165, 1.54) is 4.90 Å². The molecule has 0 radical (unpaired) electrons. The van der Waals surface area contributed by atoms with Gasteiger partial charge in [0.25, 0.3) is 11.8 Å². The van der Waals surface area contributed by atoms with Crippen molar-refractivity contribution in [1.29, 1.82) is 0 Å². The number of likely N-dealkylation sites (tertiary alicyclic amines) is 1. The molecule has 2 fully saturated rings. The summed E-state index contributed by atoms with van der Waals surface area (Å²) in [5.41, 5.74) is 2.12. The topological polar surface area (TPSA) is 87.2 Å². The number of carboxylic acid groups (broad SMARTS) is 1. The maximum Gasteiger partial charge on any atom is 0.328 e. The number of aliphatic carboxylic acids is 1. The van der Waals surface area contributed by atoms with E-state index in [4.69, 9.17) is 4.74 Å². The summed E-state index contributed by atoms with van der Waals surface area (Å²) >= 11 is 0. The molecule has 7 nitrogen and oxygen atoms in total. The minimum absolute atomic E-state index is 0.0567. The lowest BCUT2D eigenvalue weighted by Crippen LogP contribution is -2.58. The minimum Gasteiger partial charge on any atom is -0.480 e. The van der Waals surface area contributed by atoms with Crippen LogP contribution in [0.1, 0.15) is 44.7 Å². The van der Waals surface area contributed by atoms with Crippen molar-refractivity contribution in [3.63, 3.8) is 0 Å². The normalized spacial score (nSPS) is 20.1. The fourth-order valence-electron chi connectivity index (χ4n) is 4.33. The van der Waals surface area contributed by atoms with Crippen molar-refractivity contribution in [2.75, 3.05) is 19.7 Å². The van der Waals surface area contributed by atoms with Gasteiger partial charge in [-0.3, -0.25) is 14.5 Å². The van der Waals surface area contributed by atoms with Crippen LogP contribution in [0.3, 0.4) is 0 Å². The molecule has 2 saturated heterocycles. The highest BCUT2D eigenvalue weighted by Gasteiger charge is 2.54. The molecule has 0 aromatic heterocycles. The van der Waals surface area contributed by atoms with Crippen LogP contribution in [-0.2, 0) is 9.53 Å². The maximum atomic E-state index is 13.3. The summed E-state index contributed by atoms with van der Waals surface area (Å²) in [5, 5.41) is 9.71. The molecule has 0 aliphatic carbocycles. The van der Waals surface area contributed by atoms with Gasteiger partial charge in [0, 0.05) is 37.1 Å². The monoisotopic (exact) mass is 422 g/mol. The lowest BCUT2D eigenvalue weighted by Gasteiger charge is -2.44. The zero-order valence-corrected chi connectivity index (χ0v) is 17.7. The quantitative estimate of drug-likeness (QED) is 0.822. The number of hydrogen-bond donors (Lipinski definition) is 1. The van der Waals surface area contributed by atoms with Crippen molar-refractivity contribution < 1.29 is 24.2 Å². The minimum atomic E-state index is -1.09. The Morgan fingerprint density at radius 3 is 1.84 bits per heavy atom. The molecule has 7 heteroatoms. The molecular formula is C24H26N2O5. The number of ether oxygens (including phenoxy) is 1. The van der Waals surface area contributed by atoms with Crippen LogP contribution in [0, 0.1) is 13.8 Å². The van der Waals surface area contributed by atoms with Crippen LogP contribution in [0.25, 0.3) is 0 Å². The number of rotatable bonds is 3. The molecule has 2 amide bonds. The number of aryl methyl sites for hydroxylation is 2. The summed E-state index contributed by atoms with van der Waals surface area (Å²) in [5.74, 6) is -1.52. The van der Waals surface area contributed by atoms with Gasteiger partial charge >= 0.3 is 5.97 Å². The van der Waals surface area contributed by atoms with Gasteiger partial charge in [0.15, 0.2) is 6.04 Å². The highest BCUT2D eigenvalue weighted by Crippen LogP contribution is 2.38. The molecule has 1 N–H and O–H groups in total. The predicted octanol–water partition coefficient (Wildman–Crippen LogP) is 2.86. The Kier molecular flexibility index (Phi) is 5.54. The second-order valence-electron chi connectivity index (χ2n) is 8.31. The van der Waals surface area contributed by atoms with Crippen LogP contribution in [0.2, 0.25) is 0 Å². The van der Waals surface area contributed by atoms with E-state index in [1.807, 2.05) is 50.2 Å². The Morgan fingerprint density at radius 2 is 1.35 bits per heavy atom. The number of nitrogens with zero attached hydrogens (tertiary/aromatic N) is 2. The number of carbonyl (C=O) groups excluding carboxylic acids is 2. The smallest absolute Gasteiger partial charge is 0.328 e.